The Morgan fingerprint density at radius 1 is 0.696 bits per heavy atom. The second-order valence-electron chi connectivity index (χ2n) is 6.70. The van der Waals surface area contributed by atoms with Crippen LogP contribution in [0.3, 0.4) is 0 Å². The molecule has 0 saturated carbocycles. The van der Waals surface area contributed by atoms with Crippen LogP contribution in [0.25, 0.3) is 0 Å². The summed E-state index contributed by atoms with van der Waals surface area (Å²) in [6.45, 7) is 4.77. The van der Waals surface area contributed by atoms with Crippen molar-refractivity contribution in [3.8, 4) is 0 Å². The fourth-order valence-corrected chi connectivity index (χ4v) is 3.33. The van der Waals surface area contributed by atoms with Gasteiger partial charge in [0.15, 0.2) is 0 Å². The van der Waals surface area contributed by atoms with Crippen LogP contribution in [0, 0.1) is 0 Å². The number of ether oxygens (including phenoxy) is 1. The molecule has 2 fully saturated rings. The highest BCUT2D eigenvalue weighted by molar-refractivity contribution is 5.76. The molecule has 23 heavy (non-hydrogen) atoms. The normalized spacial score (nSPS) is 20.5. The third-order valence-corrected chi connectivity index (χ3v) is 4.82. The van der Waals surface area contributed by atoms with Crippen LogP contribution in [0.15, 0.2) is 0 Å². The van der Waals surface area contributed by atoms with E-state index in [1.165, 1.54) is 6.42 Å². The molecule has 2 saturated heterocycles. The van der Waals surface area contributed by atoms with Crippen LogP contribution in [-0.4, -0.2) is 61.0 Å². The van der Waals surface area contributed by atoms with E-state index in [4.69, 9.17) is 4.74 Å². The van der Waals surface area contributed by atoms with Crippen LogP contribution in [0.5, 0.6) is 0 Å². The number of carbonyl (C=O) groups is 2. The van der Waals surface area contributed by atoms with Crippen LogP contribution in [0.1, 0.15) is 64.2 Å². The van der Waals surface area contributed by atoms with E-state index in [0.29, 0.717) is 18.9 Å². The Morgan fingerprint density at radius 2 is 1.30 bits per heavy atom. The number of amides is 2. The fraction of sp³-hybridized carbons (Fsp3) is 0.889. The maximum Gasteiger partial charge on any atom is 0.222 e. The van der Waals surface area contributed by atoms with Gasteiger partial charge in [0.1, 0.15) is 0 Å². The molecular formula is C18H32N2O3. The van der Waals surface area contributed by atoms with Gasteiger partial charge in [-0.3, -0.25) is 9.59 Å². The minimum atomic E-state index is 0.283. The van der Waals surface area contributed by atoms with Gasteiger partial charge in [-0.1, -0.05) is 12.8 Å². The van der Waals surface area contributed by atoms with Gasteiger partial charge < -0.3 is 14.5 Å². The van der Waals surface area contributed by atoms with E-state index in [1.54, 1.807) is 0 Å². The van der Waals surface area contributed by atoms with Gasteiger partial charge >= 0.3 is 0 Å². The smallest absolute Gasteiger partial charge is 0.222 e. The number of hydrogen-bond donors (Lipinski definition) is 0. The largest absolute Gasteiger partial charge is 0.380 e. The first kappa shape index (κ1) is 18.2. The highest BCUT2D eigenvalue weighted by atomic mass is 16.5. The molecule has 2 heterocycles. The first-order valence-electron chi connectivity index (χ1n) is 9.40. The van der Waals surface area contributed by atoms with Gasteiger partial charge in [0.25, 0.3) is 0 Å². The number of carbonyl (C=O) groups excluding carboxylic acids is 2. The first-order valence-corrected chi connectivity index (χ1v) is 9.40. The zero-order valence-corrected chi connectivity index (χ0v) is 14.4. The predicted octanol–water partition coefficient (Wildman–Crippen LogP) is 2.59. The van der Waals surface area contributed by atoms with Gasteiger partial charge in [-0.2, -0.15) is 0 Å². The molecule has 0 bridgehead atoms. The molecule has 2 aliphatic rings. The zero-order chi connectivity index (χ0) is 16.3. The molecule has 0 radical (unpaired) electrons. The van der Waals surface area contributed by atoms with Crippen molar-refractivity contribution in [2.24, 2.45) is 0 Å². The summed E-state index contributed by atoms with van der Waals surface area (Å²) >= 11 is 0. The SMILES string of the molecule is O=C1CCCCCN1CCCCOCCN1CCCCCC1=O. The molecule has 0 aromatic heterocycles. The molecule has 2 rings (SSSR count). The summed E-state index contributed by atoms with van der Waals surface area (Å²) in [5.41, 5.74) is 0. The van der Waals surface area contributed by atoms with Gasteiger partial charge in [0.05, 0.1) is 6.61 Å². The Balaban J connectivity index is 1.49. The van der Waals surface area contributed by atoms with Crippen molar-refractivity contribution in [1.82, 2.24) is 9.80 Å². The molecule has 5 heteroatoms. The zero-order valence-electron chi connectivity index (χ0n) is 14.4. The van der Waals surface area contributed by atoms with E-state index in [2.05, 4.69) is 0 Å². The monoisotopic (exact) mass is 324 g/mol. The van der Waals surface area contributed by atoms with Gasteiger partial charge in [0, 0.05) is 45.6 Å². The summed E-state index contributed by atoms with van der Waals surface area (Å²) in [5, 5.41) is 0. The van der Waals surface area contributed by atoms with Crippen molar-refractivity contribution in [3.63, 3.8) is 0 Å². The predicted molar refractivity (Wildman–Crippen MR) is 90.1 cm³/mol. The van der Waals surface area contributed by atoms with Gasteiger partial charge in [0.2, 0.25) is 11.8 Å². The van der Waals surface area contributed by atoms with E-state index >= 15 is 0 Å². The Morgan fingerprint density at radius 3 is 1.96 bits per heavy atom. The van der Waals surface area contributed by atoms with Crippen LogP contribution in [0.4, 0.5) is 0 Å². The molecule has 2 amide bonds. The minimum absolute atomic E-state index is 0.283. The Labute approximate surface area is 140 Å². The molecule has 0 atom stereocenters. The highest BCUT2D eigenvalue weighted by Gasteiger charge is 2.16. The molecule has 5 nitrogen and oxygen atoms in total. The third kappa shape index (κ3) is 6.90. The fourth-order valence-electron chi connectivity index (χ4n) is 3.33. The summed E-state index contributed by atoms with van der Waals surface area (Å²) in [6.07, 6.45) is 10.1. The maximum absolute atomic E-state index is 11.9. The van der Waals surface area contributed by atoms with E-state index in [1.807, 2.05) is 9.80 Å². The standard InChI is InChI=1S/C18H32N2O3/c21-17-9-3-1-5-11-19(17)13-7-8-15-23-16-14-20-12-6-2-4-10-18(20)22/h1-16H2. The second-order valence-corrected chi connectivity index (χ2v) is 6.70. The molecule has 2 aliphatic heterocycles. The Hall–Kier alpha value is -1.10. The van der Waals surface area contributed by atoms with Crippen molar-refractivity contribution in [2.75, 3.05) is 39.4 Å². The topological polar surface area (TPSA) is 49.9 Å². The van der Waals surface area contributed by atoms with Gasteiger partial charge in [-0.25, -0.2) is 0 Å². The molecule has 0 aromatic carbocycles. The second kappa shape index (κ2) is 10.6. The van der Waals surface area contributed by atoms with Crippen molar-refractivity contribution >= 4 is 11.8 Å². The summed E-state index contributed by atoms with van der Waals surface area (Å²) in [5.74, 6) is 0.605. The highest BCUT2D eigenvalue weighted by Crippen LogP contribution is 2.12. The number of rotatable bonds is 8. The third-order valence-electron chi connectivity index (χ3n) is 4.82. The van der Waals surface area contributed by atoms with E-state index in [9.17, 15) is 9.59 Å². The molecular weight excluding hydrogens is 292 g/mol. The van der Waals surface area contributed by atoms with Crippen LogP contribution in [0.2, 0.25) is 0 Å². The number of likely N-dealkylation sites (tertiary alicyclic amines) is 2. The van der Waals surface area contributed by atoms with E-state index < -0.39 is 0 Å². The lowest BCUT2D eigenvalue weighted by atomic mass is 10.2. The van der Waals surface area contributed by atoms with E-state index in [0.717, 1.165) is 84.2 Å². The quantitative estimate of drug-likeness (QED) is 0.645. The van der Waals surface area contributed by atoms with Gasteiger partial charge in [-0.05, 0) is 38.5 Å². The van der Waals surface area contributed by atoms with Crippen molar-refractivity contribution < 1.29 is 14.3 Å². The molecule has 0 aliphatic carbocycles. The van der Waals surface area contributed by atoms with Crippen LogP contribution >= 0.6 is 0 Å². The minimum Gasteiger partial charge on any atom is -0.380 e. The Kier molecular flexibility index (Phi) is 8.43. The lowest BCUT2D eigenvalue weighted by Gasteiger charge is -2.21. The lowest BCUT2D eigenvalue weighted by Crippen LogP contribution is -2.33. The number of nitrogens with zero attached hydrogens (tertiary/aromatic N) is 2. The maximum atomic E-state index is 11.9. The van der Waals surface area contributed by atoms with Gasteiger partial charge in [-0.15, -0.1) is 0 Å². The van der Waals surface area contributed by atoms with Crippen LogP contribution in [-0.2, 0) is 14.3 Å². The average molecular weight is 324 g/mol. The summed E-state index contributed by atoms with van der Waals surface area (Å²) in [6, 6.07) is 0. The number of hydrogen-bond acceptors (Lipinski definition) is 3. The molecule has 0 N–H and O–H groups in total. The van der Waals surface area contributed by atoms with E-state index in [-0.39, 0.29) is 5.91 Å². The first-order chi connectivity index (χ1) is 11.3. The molecule has 0 unspecified atom stereocenters. The summed E-state index contributed by atoms with van der Waals surface area (Å²) in [7, 11) is 0. The lowest BCUT2D eigenvalue weighted by molar-refractivity contribution is -0.131. The van der Waals surface area contributed by atoms with Crippen molar-refractivity contribution in [2.45, 2.75) is 64.2 Å². The summed E-state index contributed by atoms with van der Waals surface area (Å²) < 4.78 is 5.67. The number of unbranched alkanes of at least 4 members (excludes halogenated alkanes) is 1. The molecule has 0 spiro atoms. The van der Waals surface area contributed by atoms with Crippen molar-refractivity contribution in [1.29, 1.82) is 0 Å². The van der Waals surface area contributed by atoms with Crippen LogP contribution < -0.4 is 0 Å². The Bertz CT molecular complexity index is 339. The molecule has 0 aromatic rings. The average Bonchev–Trinajstić information content (AvgIpc) is 2.87. The molecule has 132 valence electrons. The van der Waals surface area contributed by atoms with Crippen molar-refractivity contribution in [3.05, 3.63) is 0 Å². The summed E-state index contributed by atoms with van der Waals surface area (Å²) in [4.78, 5) is 27.7.